The van der Waals surface area contributed by atoms with Gasteiger partial charge in [0.05, 0.1) is 11.3 Å². The van der Waals surface area contributed by atoms with E-state index in [0.717, 1.165) is 11.3 Å². The summed E-state index contributed by atoms with van der Waals surface area (Å²) >= 11 is 3.18. The molecule has 19 heavy (non-hydrogen) atoms. The van der Waals surface area contributed by atoms with Crippen molar-refractivity contribution in [2.24, 2.45) is 0 Å². The van der Waals surface area contributed by atoms with Gasteiger partial charge in [0, 0.05) is 6.08 Å². The van der Waals surface area contributed by atoms with E-state index in [0.29, 0.717) is 16.2 Å². The number of aryl methyl sites for hydroxylation is 2. The first kappa shape index (κ1) is 13.6. The maximum absolute atomic E-state index is 11.5. The van der Waals surface area contributed by atoms with Gasteiger partial charge in [0.15, 0.2) is 4.67 Å². The van der Waals surface area contributed by atoms with Crippen molar-refractivity contribution in [1.82, 2.24) is 5.16 Å². The Bertz CT molecular complexity index is 592. The van der Waals surface area contributed by atoms with Crippen molar-refractivity contribution < 1.29 is 18.5 Å². The molecule has 0 aromatic carbocycles. The van der Waals surface area contributed by atoms with Gasteiger partial charge in [-0.3, -0.25) is 0 Å². The van der Waals surface area contributed by atoms with Gasteiger partial charge in [-0.1, -0.05) is 5.16 Å². The topological polar surface area (TPSA) is 65.5 Å². The molecule has 2 rings (SSSR count). The maximum atomic E-state index is 11.5. The van der Waals surface area contributed by atoms with Crippen molar-refractivity contribution in [3.8, 4) is 0 Å². The number of hydrogen-bond acceptors (Lipinski definition) is 5. The summed E-state index contributed by atoms with van der Waals surface area (Å²) in [5.41, 5.74) is 1.52. The molecular formula is C13H12BrNO4. The maximum Gasteiger partial charge on any atom is 0.331 e. The lowest BCUT2D eigenvalue weighted by Gasteiger charge is -2.00. The van der Waals surface area contributed by atoms with E-state index >= 15 is 0 Å². The average Bonchev–Trinajstić information content (AvgIpc) is 2.92. The Labute approximate surface area is 118 Å². The highest BCUT2D eigenvalue weighted by atomic mass is 79.9. The van der Waals surface area contributed by atoms with Crippen molar-refractivity contribution in [3.05, 3.63) is 45.7 Å². The fraction of sp³-hybridized carbons (Fsp3) is 0.231. The Kier molecular flexibility index (Phi) is 4.21. The predicted octanol–water partition coefficient (Wildman–Crippen LogP) is 3.40. The minimum Gasteiger partial charge on any atom is -0.457 e. The molecule has 5 nitrogen and oxygen atoms in total. The van der Waals surface area contributed by atoms with Gasteiger partial charge in [0.25, 0.3) is 0 Å². The van der Waals surface area contributed by atoms with Gasteiger partial charge in [-0.25, -0.2) is 4.79 Å². The molecule has 0 saturated heterocycles. The molecule has 0 radical (unpaired) electrons. The van der Waals surface area contributed by atoms with Crippen LogP contribution in [0.1, 0.15) is 22.8 Å². The lowest BCUT2D eigenvalue weighted by atomic mass is 10.2. The molecule has 0 aliphatic rings. The SMILES string of the molecule is Cc1noc(C)c1COC(=O)/C=C/c1ccc(Br)o1. The molecule has 0 aliphatic heterocycles. The average molecular weight is 326 g/mol. The molecule has 2 aromatic rings. The number of nitrogens with zero attached hydrogens (tertiary/aromatic N) is 1. The van der Waals surface area contributed by atoms with Gasteiger partial charge in [-0.2, -0.15) is 0 Å². The van der Waals surface area contributed by atoms with Crippen LogP contribution in [-0.4, -0.2) is 11.1 Å². The first-order valence-corrected chi connectivity index (χ1v) is 6.37. The van der Waals surface area contributed by atoms with Crippen LogP contribution in [0.2, 0.25) is 0 Å². The van der Waals surface area contributed by atoms with E-state index < -0.39 is 5.97 Å². The third kappa shape index (κ3) is 3.57. The summed E-state index contributed by atoms with van der Waals surface area (Å²) in [6, 6.07) is 3.48. The van der Waals surface area contributed by atoms with Gasteiger partial charge >= 0.3 is 5.97 Å². The second-order valence-electron chi connectivity index (χ2n) is 3.89. The van der Waals surface area contributed by atoms with Crippen LogP contribution in [0.3, 0.4) is 0 Å². The van der Waals surface area contributed by atoms with Crippen LogP contribution < -0.4 is 0 Å². The van der Waals surface area contributed by atoms with Crippen molar-refractivity contribution in [1.29, 1.82) is 0 Å². The number of halogens is 1. The van der Waals surface area contributed by atoms with Crippen molar-refractivity contribution in [3.63, 3.8) is 0 Å². The van der Waals surface area contributed by atoms with Gasteiger partial charge in [-0.05, 0) is 48.0 Å². The number of furan rings is 1. The second-order valence-corrected chi connectivity index (χ2v) is 4.67. The highest BCUT2D eigenvalue weighted by Crippen LogP contribution is 2.16. The zero-order valence-corrected chi connectivity index (χ0v) is 12.1. The summed E-state index contributed by atoms with van der Waals surface area (Å²) in [4.78, 5) is 11.5. The normalized spacial score (nSPS) is 11.1. The standard InChI is InChI=1S/C13H12BrNO4/c1-8-11(9(2)19-15-8)7-17-13(16)6-4-10-3-5-12(14)18-10/h3-6H,7H2,1-2H3/b6-4+. The lowest BCUT2D eigenvalue weighted by molar-refractivity contribution is -0.138. The Morgan fingerprint density at radius 1 is 1.47 bits per heavy atom. The zero-order valence-electron chi connectivity index (χ0n) is 10.5. The Balaban J connectivity index is 1.90. The smallest absolute Gasteiger partial charge is 0.331 e. The Morgan fingerprint density at radius 2 is 2.26 bits per heavy atom. The van der Waals surface area contributed by atoms with E-state index in [1.54, 1.807) is 32.1 Å². The van der Waals surface area contributed by atoms with Crippen LogP contribution in [0.4, 0.5) is 0 Å². The number of ether oxygens (including phenoxy) is 1. The quantitative estimate of drug-likeness (QED) is 0.636. The molecule has 0 fully saturated rings. The van der Waals surface area contributed by atoms with E-state index in [4.69, 9.17) is 13.7 Å². The zero-order chi connectivity index (χ0) is 13.8. The van der Waals surface area contributed by atoms with Crippen LogP contribution in [0, 0.1) is 13.8 Å². The molecule has 2 aromatic heterocycles. The first-order chi connectivity index (χ1) is 9.06. The number of aromatic nitrogens is 1. The number of carbonyl (C=O) groups is 1. The fourth-order valence-corrected chi connectivity index (χ4v) is 1.79. The van der Waals surface area contributed by atoms with Crippen LogP contribution in [0.25, 0.3) is 6.08 Å². The van der Waals surface area contributed by atoms with E-state index in [9.17, 15) is 4.79 Å². The molecule has 0 aliphatic carbocycles. The molecule has 0 amide bonds. The van der Waals surface area contributed by atoms with Crippen molar-refractivity contribution in [2.45, 2.75) is 20.5 Å². The predicted molar refractivity (Wildman–Crippen MR) is 71.2 cm³/mol. The molecule has 0 bridgehead atoms. The minimum atomic E-state index is -0.451. The number of carbonyl (C=O) groups excluding carboxylic acids is 1. The molecule has 0 N–H and O–H groups in total. The van der Waals surface area contributed by atoms with Gasteiger partial charge in [0.2, 0.25) is 0 Å². The van der Waals surface area contributed by atoms with E-state index in [-0.39, 0.29) is 6.61 Å². The third-order valence-electron chi connectivity index (χ3n) is 2.52. The van der Waals surface area contributed by atoms with E-state index in [1.165, 1.54) is 6.08 Å². The van der Waals surface area contributed by atoms with Crippen molar-refractivity contribution in [2.75, 3.05) is 0 Å². The van der Waals surface area contributed by atoms with E-state index in [1.807, 2.05) is 0 Å². The number of rotatable bonds is 4. The molecular weight excluding hydrogens is 314 g/mol. The van der Waals surface area contributed by atoms with Crippen molar-refractivity contribution >= 4 is 28.0 Å². The summed E-state index contributed by atoms with van der Waals surface area (Å²) in [5, 5.41) is 3.79. The molecule has 0 atom stereocenters. The summed E-state index contributed by atoms with van der Waals surface area (Å²) in [5.74, 6) is 0.776. The second kappa shape index (κ2) is 5.88. The van der Waals surface area contributed by atoms with Gasteiger partial charge < -0.3 is 13.7 Å². The molecule has 2 heterocycles. The van der Waals surface area contributed by atoms with Crippen LogP contribution in [-0.2, 0) is 16.1 Å². The highest BCUT2D eigenvalue weighted by Gasteiger charge is 2.10. The van der Waals surface area contributed by atoms with Crippen LogP contribution >= 0.6 is 15.9 Å². The summed E-state index contributed by atoms with van der Waals surface area (Å²) in [7, 11) is 0. The first-order valence-electron chi connectivity index (χ1n) is 5.58. The van der Waals surface area contributed by atoms with Gasteiger partial charge in [0.1, 0.15) is 18.1 Å². The van der Waals surface area contributed by atoms with Gasteiger partial charge in [-0.15, -0.1) is 0 Å². The highest BCUT2D eigenvalue weighted by molar-refractivity contribution is 9.10. The molecule has 100 valence electrons. The Hall–Kier alpha value is -1.82. The van der Waals surface area contributed by atoms with E-state index in [2.05, 4.69) is 21.1 Å². The molecule has 6 heteroatoms. The molecule has 0 unspecified atom stereocenters. The third-order valence-corrected chi connectivity index (χ3v) is 2.94. The monoisotopic (exact) mass is 325 g/mol. The number of esters is 1. The minimum absolute atomic E-state index is 0.145. The summed E-state index contributed by atoms with van der Waals surface area (Å²) in [6.07, 6.45) is 2.85. The van der Waals surface area contributed by atoms with Crippen LogP contribution in [0.15, 0.2) is 31.8 Å². The lowest BCUT2D eigenvalue weighted by Crippen LogP contribution is -2.02. The largest absolute Gasteiger partial charge is 0.457 e. The molecule has 0 spiro atoms. The molecule has 0 saturated carbocycles. The van der Waals surface area contributed by atoms with Crippen LogP contribution in [0.5, 0.6) is 0 Å². The number of hydrogen-bond donors (Lipinski definition) is 0. The Morgan fingerprint density at radius 3 is 2.84 bits per heavy atom. The summed E-state index contributed by atoms with van der Waals surface area (Å²) < 4.78 is 15.9. The summed E-state index contributed by atoms with van der Waals surface area (Å²) in [6.45, 7) is 3.72. The fourth-order valence-electron chi connectivity index (χ4n) is 1.47.